The average molecular weight is 443 g/mol. The maximum atomic E-state index is 14.1. The number of carbonyl (C=O) groups is 1. The molecule has 1 aliphatic heterocycles. The molecule has 152 valence electrons. The second-order valence-electron chi connectivity index (χ2n) is 6.62. The number of fused-ring (bicyclic) bond motifs is 1. The van der Waals surface area contributed by atoms with Crippen LogP contribution in [0, 0.1) is 5.82 Å². The molecule has 8 heteroatoms. The average Bonchev–Trinajstić information content (AvgIpc) is 3.03. The van der Waals surface area contributed by atoms with E-state index in [-0.39, 0.29) is 11.1 Å². The van der Waals surface area contributed by atoms with Crippen LogP contribution >= 0.6 is 22.9 Å². The molecule has 4 rings (SSSR count). The highest BCUT2D eigenvalue weighted by atomic mass is 35.5. The normalized spacial score (nSPS) is 16.3. The summed E-state index contributed by atoms with van der Waals surface area (Å²) in [6.45, 7) is 1.68. The number of aromatic nitrogens is 1. The Hall–Kier alpha value is -3.03. The zero-order valence-corrected chi connectivity index (χ0v) is 17.6. The molecular weight excluding hydrogens is 427 g/mol. The molecule has 0 N–H and O–H groups in total. The second-order valence-corrected chi connectivity index (χ2v) is 8.03. The molecule has 1 atom stereocenters. The molecule has 0 radical (unpaired) electrons. The van der Waals surface area contributed by atoms with Crippen LogP contribution in [0.2, 0.25) is 5.02 Å². The number of hydrogen-bond donors (Lipinski definition) is 0. The van der Waals surface area contributed by atoms with Crippen molar-refractivity contribution in [3.05, 3.63) is 101 Å². The summed E-state index contributed by atoms with van der Waals surface area (Å²) < 4.78 is 20.8. The van der Waals surface area contributed by atoms with E-state index in [4.69, 9.17) is 16.3 Å². The number of halogens is 2. The van der Waals surface area contributed by atoms with Crippen LogP contribution < -0.4 is 14.9 Å². The van der Waals surface area contributed by atoms with Crippen molar-refractivity contribution in [3.63, 3.8) is 0 Å². The van der Waals surface area contributed by atoms with Crippen LogP contribution in [0.15, 0.2) is 69.6 Å². The standard InChI is InChI=1S/C22H16ClFN2O3S/c1-12-18(21(28)29-2)19(14-8-4-5-9-15(14)23)26-20(27)17(30-22(26)25-12)11-13-7-3-6-10-16(13)24/h3-11,19H,1-2H3. The minimum Gasteiger partial charge on any atom is -0.466 e. The third-order valence-corrected chi connectivity index (χ3v) is 6.15. The van der Waals surface area contributed by atoms with Crippen molar-refractivity contribution in [3.8, 4) is 0 Å². The highest BCUT2D eigenvalue weighted by Gasteiger charge is 2.34. The zero-order valence-electron chi connectivity index (χ0n) is 16.1. The first-order chi connectivity index (χ1) is 14.4. The maximum absolute atomic E-state index is 14.1. The Morgan fingerprint density at radius 3 is 2.63 bits per heavy atom. The SMILES string of the molecule is COC(=O)C1=C(C)N=c2sc(=Cc3ccccc3F)c(=O)n2C1c1ccccc1Cl. The quantitative estimate of drug-likeness (QED) is 0.585. The van der Waals surface area contributed by atoms with E-state index in [1.165, 1.54) is 23.8 Å². The van der Waals surface area contributed by atoms with E-state index in [1.54, 1.807) is 49.4 Å². The van der Waals surface area contributed by atoms with Crippen LogP contribution in [-0.2, 0) is 9.53 Å². The van der Waals surface area contributed by atoms with Crippen LogP contribution in [0.25, 0.3) is 6.08 Å². The summed E-state index contributed by atoms with van der Waals surface area (Å²) >= 11 is 7.55. The van der Waals surface area contributed by atoms with Crippen LogP contribution in [0.1, 0.15) is 24.1 Å². The van der Waals surface area contributed by atoms with Gasteiger partial charge in [0, 0.05) is 10.6 Å². The van der Waals surface area contributed by atoms with E-state index < -0.39 is 17.8 Å². The van der Waals surface area contributed by atoms with Crippen molar-refractivity contribution in [2.45, 2.75) is 13.0 Å². The summed E-state index contributed by atoms with van der Waals surface area (Å²) in [6, 6.07) is 12.4. The summed E-state index contributed by atoms with van der Waals surface area (Å²) in [5.41, 5.74) is 1.15. The molecule has 1 unspecified atom stereocenters. The van der Waals surface area contributed by atoms with E-state index in [0.717, 1.165) is 11.3 Å². The number of ether oxygens (including phenoxy) is 1. The van der Waals surface area contributed by atoms with E-state index >= 15 is 0 Å². The van der Waals surface area contributed by atoms with Crippen molar-refractivity contribution in [1.29, 1.82) is 0 Å². The molecule has 0 aliphatic carbocycles. The van der Waals surface area contributed by atoms with Crippen molar-refractivity contribution in [2.75, 3.05) is 7.11 Å². The number of nitrogens with zero attached hydrogens (tertiary/aromatic N) is 2. The molecule has 0 saturated heterocycles. The molecule has 0 saturated carbocycles. The summed E-state index contributed by atoms with van der Waals surface area (Å²) in [5.74, 6) is -1.03. The molecule has 0 fully saturated rings. The number of benzene rings is 2. The summed E-state index contributed by atoms with van der Waals surface area (Å²) in [5, 5.41) is 0.405. The van der Waals surface area contributed by atoms with E-state index in [0.29, 0.717) is 31.2 Å². The third-order valence-electron chi connectivity index (χ3n) is 4.82. The van der Waals surface area contributed by atoms with Gasteiger partial charge in [-0.15, -0.1) is 0 Å². The molecule has 0 spiro atoms. The smallest absolute Gasteiger partial charge is 0.338 e. The predicted molar refractivity (Wildman–Crippen MR) is 114 cm³/mol. The summed E-state index contributed by atoms with van der Waals surface area (Å²) in [7, 11) is 1.27. The fourth-order valence-electron chi connectivity index (χ4n) is 3.42. The van der Waals surface area contributed by atoms with Crippen LogP contribution in [-0.4, -0.2) is 17.6 Å². The lowest BCUT2D eigenvalue weighted by atomic mass is 9.96. The van der Waals surface area contributed by atoms with Crippen molar-refractivity contribution in [1.82, 2.24) is 4.57 Å². The third kappa shape index (κ3) is 3.40. The van der Waals surface area contributed by atoms with Gasteiger partial charge in [0.1, 0.15) is 11.9 Å². The lowest BCUT2D eigenvalue weighted by Crippen LogP contribution is -2.39. The maximum Gasteiger partial charge on any atom is 0.338 e. The van der Waals surface area contributed by atoms with Gasteiger partial charge in [-0.2, -0.15) is 0 Å². The van der Waals surface area contributed by atoms with Gasteiger partial charge in [-0.25, -0.2) is 14.2 Å². The Morgan fingerprint density at radius 1 is 1.23 bits per heavy atom. The Kier molecular flexibility index (Phi) is 5.40. The van der Waals surface area contributed by atoms with E-state index in [9.17, 15) is 14.0 Å². The van der Waals surface area contributed by atoms with Gasteiger partial charge in [-0.05, 0) is 30.7 Å². The molecule has 1 aromatic heterocycles. The Morgan fingerprint density at radius 2 is 1.93 bits per heavy atom. The van der Waals surface area contributed by atoms with Gasteiger partial charge >= 0.3 is 5.97 Å². The van der Waals surface area contributed by atoms with Gasteiger partial charge in [0.05, 0.1) is 22.9 Å². The van der Waals surface area contributed by atoms with Gasteiger partial charge in [-0.3, -0.25) is 9.36 Å². The Labute approximate surface area is 180 Å². The first kappa shape index (κ1) is 20.3. The fourth-order valence-corrected chi connectivity index (χ4v) is 4.69. The highest BCUT2D eigenvalue weighted by Crippen LogP contribution is 2.34. The van der Waals surface area contributed by atoms with Crippen LogP contribution in [0.3, 0.4) is 0 Å². The minimum atomic E-state index is -0.801. The minimum absolute atomic E-state index is 0.232. The number of methoxy groups -OCH3 is 1. The summed E-state index contributed by atoms with van der Waals surface area (Å²) in [6.07, 6.45) is 1.49. The zero-order chi connectivity index (χ0) is 21.4. The van der Waals surface area contributed by atoms with Gasteiger partial charge in [0.25, 0.3) is 5.56 Å². The molecule has 30 heavy (non-hydrogen) atoms. The number of thiazole rings is 1. The highest BCUT2D eigenvalue weighted by molar-refractivity contribution is 7.07. The predicted octanol–water partition coefficient (Wildman–Crippen LogP) is 3.20. The van der Waals surface area contributed by atoms with Gasteiger partial charge in [-0.1, -0.05) is 59.3 Å². The monoisotopic (exact) mass is 442 g/mol. The lowest BCUT2D eigenvalue weighted by molar-refractivity contribution is -0.136. The molecule has 2 aromatic carbocycles. The van der Waals surface area contributed by atoms with E-state index in [2.05, 4.69) is 4.99 Å². The molecule has 1 aliphatic rings. The lowest BCUT2D eigenvalue weighted by Gasteiger charge is -2.25. The van der Waals surface area contributed by atoms with Crippen molar-refractivity contribution >= 4 is 35.0 Å². The first-order valence-electron chi connectivity index (χ1n) is 9.02. The number of hydrogen-bond acceptors (Lipinski definition) is 5. The first-order valence-corrected chi connectivity index (χ1v) is 10.2. The number of allylic oxidation sites excluding steroid dienone is 1. The largest absolute Gasteiger partial charge is 0.466 e. The Balaban J connectivity index is 2.03. The molecule has 2 heterocycles. The van der Waals surface area contributed by atoms with E-state index in [1.807, 2.05) is 0 Å². The molecule has 0 amide bonds. The van der Waals surface area contributed by atoms with Gasteiger partial charge in [0.2, 0.25) is 0 Å². The van der Waals surface area contributed by atoms with Gasteiger partial charge < -0.3 is 4.74 Å². The van der Waals surface area contributed by atoms with Crippen LogP contribution in [0.4, 0.5) is 4.39 Å². The number of esters is 1. The summed E-state index contributed by atoms with van der Waals surface area (Å²) in [4.78, 5) is 30.8. The molecule has 5 nitrogen and oxygen atoms in total. The molecule has 0 bridgehead atoms. The van der Waals surface area contributed by atoms with Crippen molar-refractivity contribution < 1.29 is 13.9 Å². The number of rotatable bonds is 3. The Bertz CT molecular complexity index is 1370. The molecular formula is C22H16ClFN2O3S. The van der Waals surface area contributed by atoms with Crippen molar-refractivity contribution in [2.24, 2.45) is 4.99 Å². The van der Waals surface area contributed by atoms with Gasteiger partial charge in [0.15, 0.2) is 4.80 Å². The fraction of sp³-hybridized carbons (Fsp3) is 0.136. The second kappa shape index (κ2) is 8.01. The topological polar surface area (TPSA) is 60.7 Å². The molecule has 3 aromatic rings. The van der Waals surface area contributed by atoms with Crippen LogP contribution in [0.5, 0.6) is 0 Å². The number of carbonyl (C=O) groups excluding carboxylic acids is 1.